The monoisotopic (exact) mass is 199 g/mol. The standard InChI is InChI=1S/C10H21N3O/c1-3-5-6-12-9(14)13-7-10(11,4-2)8-13/h3-8,11H2,1-2H3,(H,12,14). The van der Waals surface area contributed by atoms with Crippen molar-refractivity contribution in [3.05, 3.63) is 0 Å². The molecule has 0 aromatic carbocycles. The lowest BCUT2D eigenvalue weighted by Crippen LogP contribution is -2.69. The van der Waals surface area contributed by atoms with Gasteiger partial charge in [0.25, 0.3) is 0 Å². The molecule has 1 saturated heterocycles. The zero-order valence-electron chi connectivity index (χ0n) is 9.18. The highest BCUT2D eigenvalue weighted by Gasteiger charge is 2.40. The molecule has 1 rings (SSSR count). The van der Waals surface area contributed by atoms with E-state index in [2.05, 4.69) is 19.2 Å². The van der Waals surface area contributed by atoms with E-state index in [-0.39, 0.29) is 11.6 Å². The third-order valence-corrected chi connectivity index (χ3v) is 2.81. The highest BCUT2D eigenvalue weighted by Crippen LogP contribution is 2.20. The van der Waals surface area contributed by atoms with E-state index in [0.717, 1.165) is 25.8 Å². The molecule has 82 valence electrons. The summed E-state index contributed by atoms with van der Waals surface area (Å²) in [6, 6.07) is 0.0352. The summed E-state index contributed by atoms with van der Waals surface area (Å²) in [7, 11) is 0. The van der Waals surface area contributed by atoms with E-state index < -0.39 is 0 Å². The second-order valence-corrected chi connectivity index (χ2v) is 4.16. The van der Waals surface area contributed by atoms with Gasteiger partial charge in [-0.25, -0.2) is 4.79 Å². The molecule has 0 radical (unpaired) electrons. The van der Waals surface area contributed by atoms with E-state index in [1.807, 2.05) is 0 Å². The van der Waals surface area contributed by atoms with Crippen LogP contribution in [0.1, 0.15) is 33.1 Å². The van der Waals surface area contributed by atoms with E-state index in [0.29, 0.717) is 13.1 Å². The molecule has 2 amide bonds. The highest BCUT2D eigenvalue weighted by atomic mass is 16.2. The van der Waals surface area contributed by atoms with Crippen LogP contribution in [0.25, 0.3) is 0 Å². The number of rotatable bonds is 4. The highest BCUT2D eigenvalue weighted by molar-refractivity contribution is 5.75. The van der Waals surface area contributed by atoms with Crippen LogP contribution in [0.4, 0.5) is 4.79 Å². The molecular weight excluding hydrogens is 178 g/mol. The molecule has 4 nitrogen and oxygen atoms in total. The van der Waals surface area contributed by atoms with Gasteiger partial charge >= 0.3 is 6.03 Å². The Labute approximate surface area is 85.8 Å². The van der Waals surface area contributed by atoms with Gasteiger partial charge in [0.15, 0.2) is 0 Å². The number of nitrogens with one attached hydrogen (secondary N) is 1. The van der Waals surface area contributed by atoms with Crippen LogP contribution >= 0.6 is 0 Å². The van der Waals surface area contributed by atoms with Crippen LogP contribution < -0.4 is 11.1 Å². The van der Waals surface area contributed by atoms with Crippen molar-refractivity contribution in [2.24, 2.45) is 5.73 Å². The Hall–Kier alpha value is -0.770. The number of hydrogen-bond acceptors (Lipinski definition) is 2. The van der Waals surface area contributed by atoms with Gasteiger partial charge in [-0.1, -0.05) is 20.3 Å². The Kier molecular flexibility index (Phi) is 3.75. The normalized spacial score (nSPS) is 18.9. The second kappa shape index (κ2) is 4.64. The molecule has 0 aliphatic carbocycles. The molecule has 0 bridgehead atoms. The number of likely N-dealkylation sites (tertiary alicyclic amines) is 1. The number of urea groups is 1. The molecule has 0 saturated carbocycles. The van der Waals surface area contributed by atoms with Gasteiger partial charge in [0.2, 0.25) is 0 Å². The summed E-state index contributed by atoms with van der Waals surface area (Å²) in [4.78, 5) is 13.2. The summed E-state index contributed by atoms with van der Waals surface area (Å²) in [5.74, 6) is 0. The number of amides is 2. The number of nitrogens with two attached hydrogens (primary N) is 1. The van der Waals surface area contributed by atoms with Crippen molar-refractivity contribution in [2.45, 2.75) is 38.6 Å². The first-order valence-electron chi connectivity index (χ1n) is 5.43. The molecule has 4 heteroatoms. The minimum Gasteiger partial charge on any atom is -0.338 e. The fourth-order valence-corrected chi connectivity index (χ4v) is 1.57. The van der Waals surface area contributed by atoms with Gasteiger partial charge in [0.05, 0.1) is 5.54 Å². The molecule has 0 spiro atoms. The third-order valence-electron chi connectivity index (χ3n) is 2.81. The van der Waals surface area contributed by atoms with Gasteiger partial charge in [-0.05, 0) is 12.8 Å². The Morgan fingerprint density at radius 1 is 1.50 bits per heavy atom. The van der Waals surface area contributed by atoms with Crippen molar-refractivity contribution in [3.63, 3.8) is 0 Å². The van der Waals surface area contributed by atoms with Crippen LogP contribution in [0.3, 0.4) is 0 Å². The van der Waals surface area contributed by atoms with E-state index in [4.69, 9.17) is 5.73 Å². The Bertz CT molecular complexity index is 200. The zero-order valence-corrected chi connectivity index (χ0v) is 9.18. The molecule has 0 unspecified atom stereocenters. The minimum atomic E-state index is -0.123. The van der Waals surface area contributed by atoms with Crippen LogP contribution in [0.15, 0.2) is 0 Å². The van der Waals surface area contributed by atoms with Crippen LogP contribution in [-0.2, 0) is 0 Å². The van der Waals surface area contributed by atoms with Crippen molar-refractivity contribution >= 4 is 6.03 Å². The molecule has 1 heterocycles. The van der Waals surface area contributed by atoms with Crippen LogP contribution in [0.5, 0.6) is 0 Å². The largest absolute Gasteiger partial charge is 0.338 e. The van der Waals surface area contributed by atoms with Crippen molar-refractivity contribution in [1.82, 2.24) is 10.2 Å². The quantitative estimate of drug-likeness (QED) is 0.661. The van der Waals surface area contributed by atoms with Crippen molar-refractivity contribution in [1.29, 1.82) is 0 Å². The maximum atomic E-state index is 11.5. The maximum absolute atomic E-state index is 11.5. The fourth-order valence-electron chi connectivity index (χ4n) is 1.57. The number of carbonyl (C=O) groups excluding carboxylic acids is 1. The molecular formula is C10H21N3O. The molecule has 1 fully saturated rings. The average Bonchev–Trinajstić information content (AvgIpc) is 2.13. The van der Waals surface area contributed by atoms with E-state index in [1.54, 1.807) is 4.90 Å². The van der Waals surface area contributed by atoms with Crippen LogP contribution in [0.2, 0.25) is 0 Å². The zero-order chi connectivity index (χ0) is 10.6. The Morgan fingerprint density at radius 3 is 2.64 bits per heavy atom. The van der Waals surface area contributed by atoms with Crippen molar-refractivity contribution in [2.75, 3.05) is 19.6 Å². The first-order valence-corrected chi connectivity index (χ1v) is 5.43. The molecule has 1 aliphatic rings. The van der Waals surface area contributed by atoms with Gasteiger partial charge < -0.3 is 16.0 Å². The van der Waals surface area contributed by atoms with E-state index in [1.165, 1.54) is 0 Å². The second-order valence-electron chi connectivity index (χ2n) is 4.16. The molecule has 0 atom stereocenters. The molecule has 0 aromatic heterocycles. The van der Waals surface area contributed by atoms with Crippen LogP contribution in [0, 0.1) is 0 Å². The smallest absolute Gasteiger partial charge is 0.317 e. The summed E-state index contributed by atoms with van der Waals surface area (Å²) in [6.07, 6.45) is 3.09. The molecule has 14 heavy (non-hydrogen) atoms. The Morgan fingerprint density at radius 2 is 2.14 bits per heavy atom. The van der Waals surface area contributed by atoms with Gasteiger partial charge in [0.1, 0.15) is 0 Å². The lowest BCUT2D eigenvalue weighted by Gasteiger charge is -2.47. The van der Waals surface area contributed by atoms with Crippen LogP contribution in [-0.4, -0.2) is 36.1 Å². The first-order chi connectivity index (χ1) is 6.61. The predicted octanol–water partition coefficient (Wildman–Crippen LogP) is 0.919. The number of unbranched alkanes of at least 4 members (excludes halogenated alkanes) is 1. The van der Waals surface area contributed by atoms with Gasteiger partial charge in [-0.3, -0.25) is 0 Å². The van der Waals surface area contributed by atoms with Gasteiger partial charge in [0, 0.05) is 19.6 Å². The molecule has 3 N–H and O–H groups in total. The summed E-state index contributed by atoms with van der Waals surface area (Å²) in [5.41, 5.74) is 5.84. The summed E-state index contributed by atoms with van der Waals surface area (Å²) >= 11 is 0. The molecule has 1 aliphatic heterocycles. The number of nitrogens with zero attached hydrogens (tertiary/aromatic N) is 1. The lowest BCUT2D eigenvalue weighted by atomic mass is 9.89. The predicted molar refractivity (Wildman–Crippen MR) is 57.1 cm³/mol. The van der Waals surface area contributed by atoms with Crippen molar-refractivity contribution in [3.8, 4) is 0 Å². The lowest BCUT2D eigenvalue weighted by molar-refractivity contribution is 0.0937. The number of hydrogen-bond donors (Lipinski definition) is 2. The van der Waals surface area contributed by atoms with Gasteiger partial charge in [-0.2, -0.15) is 0 Å². The summed E-state index contributed by atoms with van der Waals surface area (Å²) in [6.45, 7) is 6.34. The Balaban J connectivity index is 2.16. The minimum absolute atomic E-state index is 0.0352. The SMILES string of the molecule is CCCCNC(=O)N1CC(N)(CC)C1. The molecule has 0 aromatic rings. The fraction of sp³-hybridized carbons (Fsp3) is 0.900. The summed E-state index contributed by atoms with van der Waals surface area (Å²) in [5, 5.41) is 2.88. The maximum Gasteiger partial charge on any atom is 0.317 e. The average molecular weight is 199 g/mol. The topological polar surface area (TPSA) is 58.4 Å². The van der Waals surface area contributed by atoms with E-state index >= 15 is 0 Å². The first kappa shape index (κ1) is 11.3. The van der Waals surface area contributed by atoms with Gasteiger partial charge in [-0.15, -0.1) is 0 Å². The third kappa shape index (κ3) is 2.61. The summed E-state index contributed by atoms with van der Waals surface area (Å²) < 4.78 is 0. The van der Waals surface area contributed by atoms with E-state index in [9.17, 15) is 4.79 Å². The number of carbonyl (C=O) groups is 1. The van der Waals surface area contributed by atoms with Crippen molar-refractivity contribution < 1.29 is 4.79 Å².